The van der Waals surface area contributed by atoms with Gasteiger partial charge < -0.3 is 20.9 Å². The zero-order chi connectivity index (χ0) is 19.9. The van der Waals surface area contributed by atoms with Crippen molar-refractivity contribution < 1.29 is 0 Å². The van der Waals surface area contributed by atoms with E-state index >= 15 is 0 Å². The minimum absolute atomic E-state index is 0.0291. The topological polar surface area (TPSA) is 103 Å². The van der Waals surface area contributed by atoms with Crippen molar-refractivity contribution in [3.63, 3.8) is 0 Å². The Hall–Kier alpha value is -3.13. The molecule has 0 aliphatic carbocycles. The number of hydrogen-bond acceptors (Lipinski definition) is 6. The molecule has 0 saturated heterocycles. The molecule has 3 rings (SSSR count). The molecule has 28 heavy (non-hydrogen) atoms. The quantitative estimate of drug-likeness (QED) is 0.484. The lowest BCUT2D eigenvalue weighted by molar-refractivity contribution is 0.659. The summed E-state index contributed by atoms with van der Waals surface area (Å²) >= 11 is 0. The summed E-state index contributed by atoms with van der Waals surface area (Å²) in [5, 5.41) is 10.9. The maximum absolute atomic E-state index is 11.6. The van der Waals surface area contributed by atoms with Crippen LogP contribution in [0.1, 0.15) is 12.0 Å². The zero-order valence-electron chi connectivity index (χ0n) is 16.4. The van der Waals surface area contributed by atoms with Gasteiger partial charge in [0.15, 0.2) is 0 Å². The Kier molecular flexibility index (Phi) is 6.44. The maximum atomic E-state index is 11.6. The van der Waals surface area contributed by atoms with Crippen molar-refractivity contribution >= 4 is 11.5 Å². The molecule has 0 amide bonds. The van der Waals surface area contributed by atoms with Crippen LogP contribution in [0, 0.1) is 0 Å². The van der Waals surface area contributed by atoms with Gasteiger partial charge in [-0.05, 0) is 43.6 Å². The molecule has 0 atom stereocenters. The SMILES string of the molecule is Cn1cc(-c2cnc(N)c(NCCCNCCc3ccn(C)c(=O)c3)c2)cn1. The fourth-order valence-corrected chi connectivity index (χ4v) is 2.88. The Morgan fingerprint density at radius 1 is 1.11 bits per heavy atom. The van der Waals surface area contributed by atoms with Crippen molar-refractivity contribution in [1.29, 1.82) is 0 Å². The first kappa shape index (κ1) is 19.6. The third-order valence-corrected chi connectivity index (χ3v) is 4.56. The van der Waals surface area contributed by atoms with Crippen molar-refractivity contribution in [2.45, 2.75) is 12.8 Å². The first-order valence-electron chi connectivity index (χ1n) is 9.37. The third kappa shape index (κ3) is 5.20. The molecule has 0 radical (unpaired) electrons. The molecular weight excluding hydrogens is 354 g/mol. The minimum Gasteiger partial charge on any atom is -0.382 e. The molecule has 3 heterocycles. The van der Waals surface area contributed by atoms with E-state index in [4.69, 9.17) is 5.73 Å². The molecule has 3 aromatic heterocycles. The lowest BCUT2D eigenvalue weighted by atomic mass is 10.1. The third-order valence-electron chi connectivity index (χ3n) is 4.56. The van der Waals surface area contributed by atoms with Gasteiger partial charge in [-0.3, -0.25) is 9.48 Å². The second kappa shape index (κ2) is 9.18. The number of nitrogens with two attached hydrogens (primary N) is 1. The Morgan fingerprint density at radius 2 is 1.96 bits per heavy atom. The van der Waals surface area contributed by atoms with Gasteiger partial charge >= 0.3 is 0 Å². The summed E-state index contributed by atoms with van der Waals surface area (Å²) < 4.78 is 3.34. The Balaban J connectivity index is 1.40. The van der Waals surface area contributed by atoms with E-state index < -0.39 is 0 Å². The van der Waals surface area contributed by atoms with Crippen molar-refractivity contribution in [3.05, 3.63) is 58.9 Å². The first-order chi connectivity index (χ1) is 13.5. The number of nitrogens with one attached hydrogen (secondary N) is 2. The molecule has 148 valence electrons. The fraction of sp³-hybridized carbons (Fsp3) is 0.350. The summed E-state index contributed by atoms with van der Waals surface area (Å²) in [5.41, 5.74) is 9.90. The van der Waals surface area contributed by atoms with Crippen LogP contribution in [0.2, 0.25) is 0 Å². The van der Waals surface area contributed by atoms with Crippen LogP contribution < -0.4 is 21.9 Å². The lowest BCUT2D eigenvalue weighted by Gasteiger charge is -2.10. The Morgan fingerprint density at radius 3 is 2.71 bits per heavy atom. The largest absolute Gasteiger partial charge is 0.382 e. The molecule has 0 aliphatic heterocycles. The number of anilines is 2. The molecule has 4 N–H and O–H groups in total. The number of pyridine rings is 2. The van der Waals surface area contributed by atoms with E-state index in [0.717, 1.165) is 54.9 Å². The second-order valence-corrected chi connectivity index (χ2v) is 6.82. The Labute approximate surface area is 164 Å². The standard InChI is InChI=1S/C20H27N7O/c1-26-9-5-15(10-19(26)28)4-8-22-6-3-7-23-18-11-16(12-24-20(18)21)17-13-25-27(2)14-17/h5,9-14,22-23H,3-4,6-8H2,1-2H3,(H2,21,24). The molecule has 0 fully saturated rings. The summed E-state index contributed by atoms with van der Waals surface area (Å²) in [7, 11) is 3.64. The van der Waals surface area contributed by atoms with E-state index in [0.29, 0.717) is 5.82 Å². The van der Waals surface area contributed by atoms with Crippen LogP contribution in [-0.4, -0.2) is 39.0 Å². The number of nitrogens with zero attached hydrogens (tertiary/aromatic N) is 4. The van der Waals surface area contributed by atoms with Crippen LogP contribution in [0.4, 0.5) is 11.5 Å². The van der Waals surface area contributed by atoms with Gasteiger partial charge in [-0.15, -0.1) is 0 Å². The molecule has 0 spiro atoms. The average Bonchev–Trinajstić information content (AvgIpc) is 3.11. The van der Waals surface area contributed by atoms with Crippen molar-refractivity contribution in [1.82, 2.24) is 24.6 Å². The summed E-state index contributed by atoms with van der Waals surface area (Å²) in [5.74, 6) is 0.492. The molecule has 0 saturated carbocycles. The van der Waals surface area contributed by atoms with Gasteiger partial charge in [0.1, 0.15) is 5.82 Å². The second-order valence-electron chi connectivity index (χ2n) is 6.82. The highest BCUT2D eigenvalue weighted by Gasteiger charge is 2.06. The number of hydrogen-bond donors (Lipinski definition) is 3. The molecule has 0 unspecified atom stereocenters. The van der Waals surface area contributed by atoms with Crippen LogP contribution in [0.15, 0.2) is 47.8 Å². The minimum atomic E-state index is 0.0291. The molecule has 3 aromatic rings. The van der Waals surface area contributed by atoms with Gasteiger partial charge in [0.2, 0.25) is 0 Å². The number of aromatic nitrogens is 4. The van der Waals surface area contributed by atoms with Crippen LogP contribution >= 0.6 is 0 Å². The predicted molar refractivity (Wildman–Crippen MR) is 112 cm³/mol. The van der Waals surface area contributed by atoms with E-state index in [1.165, 1.54) is 0 Å². The monoisotopic (exact) mass is 381 g/mol. The predicted octanol–water partition coefficient (Wildman–Crippen LogP) is 1.40. The smallest absolute Gasteiger partial charge is 0.250 e. The zero-order valence-corrected chi connectivity index (χ0v) is 16.4. The summed E-state index contributed by atoms with van der Waals surface area (Å²) in [6.07, 6.45) is 9.11. The number of nitrogen functional groups attached to an aromatic ring is 1. The van der Waals surface area contributed by atoms with Crippen molar-refractivity contribution in [2.24, 2.45) is 14.1 Å². The van der Waals surface area contributed by atoms with Crippen LogP contribution in [0.3, 0.4) is 0 Å². The summed E-state index contributed by atoms with van der Waals surface area (Å²) in [4.78, 5) is 15.9. The first-order valence-corrected chi connectivity index (χ1v) is 9.37. The van der Waals surface area contributed by atoms with Gasteiger partial charge in [-0.1, -0.05) is 0 Å². The van der Waals surface area contributed by atoms with Crippen LogP contribution in [-0.2, 0) is 20.5 Å². The highest BCUT2D eigenvalue weighted by atomic mass is 16.1. The number of aryl methyl sites for hydroxylation is 2. The van der Waals surface area contributed by atoms with Crippen LogP contribution in [0.5, 0.6) is 0 Å². The molecular formula is C20H27N7O. The average molecular weight is 381 g/mol. The normalized spacial score (nSPS) is 10.9. The fourth-order valence-electron chi connectivity index (χ4n) is 2.88. The van der Waals surface area contributed by atoms with Gasteiger partial charge in [0.25, 0.3) is 5.56 Å². The van der Waals surface area contributed by atoms with Crippen molar-refractivity contribution in [3.8, 4) is 11.1 Å². The number of rotatable bonds is 9. The van der Waals surface area contributed by atoms with Gasteiger partial charge in [-0.25, -0.2) is 4.98 Å². The van der Waals surface area contributed by atoms with Gasteiger partial charge in [0.05, 0.1) is 11.9 Å². The molecule has 0 aromatic carbocycles. The highest BCUT2D eigenvalue weighted by Crippen LogP contribution is 2.24. The maximum Gasteiger partial charge on any atom is 0.250 e. The summed E-state index contributed by atoms with van der Waals surface area (Å²) in [6.45, 7) is 2.52. The molecule has 0 bridgehead atoms. The highest BCUT2D eigenvalue weighted by molar-refractivity contribution is 5.72. The van der Waals surface area contributed by atoms with E-state index in [2.05, 4.69) is 20.7 Å². The summed E-state index contributed by atoms with van der Waals surface area (Å²) in [6, 6.07) is 5.67. The molecule has 8 nitrogen and oxygen atoms in total. The van der Waals surface area contributed by atoms with E-state index in [1.54, 1.807) is 34.8 Å². The molecule has 0 aliphatic rings. The van der Waals surface area contributed by atoms with Gasteiger partial charge in [0, 0.05) is 56.4 Å². The van der Waals surface area contributed by atoms with E-state index in [-0.39, 0.29) is 5.56 Å². The Bertz CT molecular complexity index is 977. The van der Waals surface area contributed by atoms with Gasteiger partial charge in [-0.2, -0.15) is 5.10 Å². The van der Waals surface area contributed by atoms with E-state index in [1.807, 2.05) is 31.6 Å². The van der Waals surface area contributed by atoms with Crippen LogP contribution in [0.25, 0.3) is 11.1 Å². The van der Waals surface area contributed by atoms with E-state index in [9.17, 15) is 4.79 Å². The van der Waals surface area contributed by atoms with Crippen molar-refractivity contribution in [2.75, 3.05) is 30.7 Å². The molecule has 8 heteroatoms. The lowest BCUT2D eigenvalue weighted by Crippen LogP contribution is -2.22.